The van der Waals surface area contributed by atoms with Crippen LogP contribution in [0.15, 0.2) is 30.3 Å². The van der Waals surface area contributed by atoms with Gasteiger partial charge in [0, 0.05) is 6.42 Å². The molecular formula is C14H17NO3. The average molecular weight is 247 g/mol. The Kier molecular flexibility index (Phi) is 3.77. The summed E-state index contributed by atoms with van der Waals surface area (Å²) in [6, 6.07) is 8.93. The number of hydrogen-bond acceptors (Lipinski definition) is 3. The van der Waals surface area contributed by atoms with Gasteiger partial charge in [0.2, 0.25) is 11.8 Å². The Morgan fingerprint density at radius 1 is 1.33 bits per heavy atom. The number of aliphatic hydroxyl groups is 1. The Balaban J connectivity index is 2.24. The summed E-state index contributed by atoms with van der Waals surface area (Å²) in [5.41, 5.74) is 0.867. The van der Waals surface area contributed by atoms with Gasteiger partial charge < -0.3 is 5.11 Å². The van der Waals surface area contributed by atoms with Gasteiger partial charge >= 0.3 is 0 Å². The number of hydrogen-bond donors (Lipinski definition) is 1. The number of benzene rings is 1. The second kappa shape index (κ2) is 5.31. The van der Waals surface area contributed by atoms with E-state index in [1.165, 1.54) is 4.90 Å². The summed E-state index contributed by atoms with van der Waals surface area (Å²) >= 11 is 0. The summed E-state index contributed by atoms with van der Waals surface area (Å²) < 4.78 is 0. The Morgan fingerprint density at radius 2 is 2.00 bits per heavy atom. The second-order valence-electron chi connectivity index (χ2n) is 4.51. The molecule has 1 heterocycles. The van der Waals surface area contributed by atoms with Crippen molar-refractivity contribution in [2.45, 2.75) is 31.7 Å². The van der Waals surface area contributed by atoms with Crippen LogP contribution in [0.5, 0.6) is 0 Å². The normalized spacial score (nSPS) is 21.4. The monoisotopic (exact) mass is 247 g/mol. The number of aliphatic hydroxyl groups excluding tert-OH is 1. The molecule has 2 rings (SSSR count). The molecule has 1 aromatic carbocycles. The molecular weight excluding hydrogens is 230 g/mol. The van der Waals surface area contributed by atoms with Crippen LogP contribution in [0.2, 0.25) is 0 Å². The summed E-state index contributed by atoms with van der Waals surface area (Å²) in [7, 11) is 0. The molecule has 1 N–H and O–H groups in total. The standard InChI is InChI=1S/C14H17NO3/c1-2-11(9-16)15-13(17)8-12(14(15)18)10-6-4-3-5-7-10/h3-7,11-12,16H,2,8-9H2,1H3/t11-,12?/m0/s1. The van der Waals surface area contributed by atoms with Crippen molar-refractivity contribution in [3.63, 3.8) is 0 Å². The van der Waals surface area contributed by atoms with Crippen molar-refractivity contribution in [1.82, 2.24) is 4.90 Å². The van der Waals surface area contributed by atoms with Gasteiger partial charge in [-0.3, -0.25) is 14.5 Å². The lowest BCUT2D eigenvalue weighted by atomic mass is 9.98. The minimum absolute atomic E-state index is 0.171. The summed E-state index contributed by atoms with van der Waals surface area (Å²) in [6.45, 7) is 1.69. The van der Waals surface area contributed by atoms with Crippen molar-refractivity contribution in [1.29, 1.82) is 0 Å². The molecule has 2 atom stereocenters. The number of carbonyl (C=O) groups excluding carboxylic acids is 2. The van der Waals surface area contributed by atoms with E-state index in [2.05, 4.69) is 0 Å². The zero-order chi connectivity index (χ0) is 13.1. The number of amides is 2. The number of nitrogens with zero attached hydrogens (tertiary/aromatic N) is 1. The van der Waals surface area contributed by atoms with E-state index in [1.54, 1.807) is 0 Å². The molecule has 96 valence electrons. The maximum Gasteiger partial charge on any atom is 0.237 e. The Morgan fingerprint density at radius 3 is 2.56 bits per heavy atom. The Bertz CT molecular complexity index is 440. The summed E-state index contributed by atoms with van der Waals surface area (Å²) in [6.07, 6.45) is 0.787. The van der Waals surface area contributed by atoms with Crippen molar-refractivity contribution < 1.29 is 14.7 Å². The number of rotatable bonds is 4. The van der Waals surface area contributed by atoms with Gasteiger partial charge in [0.25, 0.3) is 0 Å². The number of carbonyl (C=O) groups is 2. The molecule has 18 heavy (non-hydrogen) atoms. The largest absolute Gasteiger partial charge is 0.394 e. The van der Waals surface area contributed by atoms with Crippen LogP contribution in [0.4, 0.5) is 0 Å². The van der Waals surface area contributed by atoms with E-state index in [-0.39, 0.29) is 30.8 Å². The molecule has 0 aromatic heterocycles. The van der Waals surface area contributed by atoms with Gasteiger partial charge in [-0.15, -0.1) is 0 Å². The molecule has 0 radical (unpaired) electrons. The number of likely N-dealkylation sites (tertiary alicyclic amines) is 1. The zero-order valence-electron chi connectivity index (χ0n) is 10.4. The van der Waals surface area contributed by atoms with Gasteiger partial charge in [0.1, 0.15) is 0 Å². The van der Waals surface area contributed by atoms with Crippen molar-refractivity contribution >= 4 is 11.8 Å². The third-order valence-corrected chi connectivity index (χ3v) is 3.43. The van der Waals surface area contributed by atoms with Crippen LogP contribution in [0.1, 0.15) is 31.2 Å². The fraction of sp³-hybridized carbons (Fsp3) is 0.429. The molecule has 1 saturated heterocycles. The lowest BCUT2D eigenvalue weighted by Gasteiger charge is -2.23. The molecule has 1 unspecified atom stereocenters. The van der Waals surface area contributed by atoms with Crippen LogP contribution in [-0.2, 0) is 9.59 Å². The third kappa shape index (κ3) is 2.16. The summed E-state index contributed by atoms with van der Waals surface area (Å²) in [5, 5.41) is 9.23. The molecule has 1 aromatic rings. The van der Waals surface area contributed by atoms with E-state index >= 15 is 0 Å². The van der Waals surface area contributed by atoms with Gasteiger partial charge in [-0.25, -0.2) is 0 Å². The van der Waals surface area contributed by atoms with E-state index in [9.17, 15) is 14.7 Å². The first-order chi connectivity index (χ1) is 8.69. The van der Waals surface area contributed by atoms with E-state index in [1.807, 2.05) is 37.3 Å². The first-order valence-corrected chi connectivity index (χ1v) is 6.20. The molecule has 2 amide bonds. The first-order valence-electron chi connectivity index (χ1n) is 6.20. The highest BCUT2D eigenvalue weighted by atomic mass is 16.3. The predicted molar refractivity (Wildman–Crippen MR) is 66.8 cm³/mol. The van der Waals surface area contributed by atoms with Crippen molar-refractivity contribution in [2.24, 2.45) is 0 Å². The quantitative estimate of drug-likeness (QED) is 0.816. The van der Waals surface area contributed by atoms with Crippen LogP contribution in [-0.4, -0.2) is 34.5 Å². The summed E-state index contributed by atoms with van der Waals surface area (Å²) in [5.74, 6) is -0.763. The zero-order valence-corrected chi connectivity index (χ0v) is 10.4. The first kappa shape index (κ1) is 12.8. The molecule has 0 bridgehead atoms. The molecule has 0 spiro atoms. The van der Waals surface area contributed by atoms with E-state index < -0.39 is 6.04 Å². The van der Waals surface area contributed by atoms with E-state index in [4.69, 9.17) is 0 Å². The fourth-order valence-corrected chi connectivity index (χ4v) is 2.37. The minimum atomic E-state index is -0.390. The maximum atomic E-state index is 12.3. The SMILES string of the molecule is CC[C@@H](CO)N1C(=O)CC(c2ccccc2)C1=O. The maximum absolute atomic E-state index is 12.3. The van der Waals surface area contributed by atoms with E-state index in [0.717, 1.165) is 5.56 Å². The molecule has 1 fully saturated rings. The summed E-state index contributed by atoms with van der Waals surface area (Å²) in [4.78, 5) is 25.4. The predicted octanol–water partition coefficient (Wildman–Crippen LogP) is 1.30. The van der Waals surface area contributed by atoms with Crippen LogP contribution in [0.25, 0.3) is 0 Å². The van der Waals surface area contributed by atoms with Crippen molar-refractivity contribution in [3.8, 4) is 0 Å². The minimum Gasteiger partial charge on any atom is -0.394 e. The van der Waals surface area contributed by atoms with Gasteiger partial charge in [-0.2, -0.15) is 0 Å². The number of imide groups is 1. The molecule has 0 saturated carbocycles. The smallest absolute Gasteiger partial charge is 0.237 e. The second-order valence-corrected chi connectivity index (χ2v) is 4.51. The van der Waals surface area contributed by atoms with E-state index in [0.29, 0.717) is 6.42 Å². The highest BCUT2D eigenvalue weighted by Gasteiger charge is 2.42. The highest BCUT2D eigenvalue weighted by molar-refractivity contribution is 6.06. The van der Waals surface area contributed by atoms with Gasteiger partial charge in [-0.1, -0.05) is 37.3 Å². The lowest BCUT2D eigenvalue weighted by Crippen LogP contribution is -2.41. The fourth-order valence-electron chi connectivity index (χ4n) is 2.37. The Hall–Kier alpha value is -1.68. The van der Waals surface area contributed by atoms with Gasteiger partial charge in [-0.05, 0) is 12.0 Å². The van der Waals surface area contributed by atoms with Gasteiger partial charge in [0.05, 0.1) is 18.6 Å². The van der Waals surface area contributed by atoms with Crippen molar-refractivity contribution in [2.75, 3.05) is 6.61 Å². The van der Waals surface area contributed by atoms with Crippen LogP contribution in [0, 0.1) is 0 Å². The molecule has 4 heteroatoms. The molecule has 1 aliphatic heterocycles. The van der Waals surface area contributed by atoms with Crippen molar-refractivity contribution in [3.05, 3.63) is 35.9 Å². The topological polar surface area (TPSA) is 57.6 Å². The Labute approximate surface area is 106 Å². The lowest BCUT2D eigenvalue weighted by molar-refractivity contribution is -0.142. The van der Waals surface area contributed by atoms with Gasteiger partial charge in [0.15, 0.2) is 0 Å². The highest BCUT2D eigenvalue weighted by Crippen LogP contribution is 2.31. The third-order valence-electron chi connectivity index (χ3n) is 3.43. The average Bonchev–Trinajstić information content (AvgIpc) is 2.69. The molecule has 0 aliphatic carbocycles. The molecule has 1 aliphatic rings. The van der Waals surface area contributed by atoms with Crippen LogP contribution < -0.4 is 0 Å². The van der Waals surface area contributed by atoms with Crippen LogP contribution in [0.3, 0.4) is 0 Å². The van der Waals surface area contributed by atoms with Crippen LogP contribution >= 0.6 is 0 Å². The molecule has 4 nitrogen and oxygen atoms in total.